The molecule has 0 saturated carbocycles. The number of fused-ring (bicyclic) bond motifs is 1. The molecule has 0 aliphatic heterocycles. The molecule has 0 fully saturated rings. The lowest BCUT2D eigenvalue weighted by Crippen LogP contribution is -2.19. The molecule has 7 heteroatoms. The Morgan fingerprint density at radius 1 is 1.11 bits per heavy atom. The van der Waals surface area contributed by atoms with Gasteiger partial charge in [-0.3, -0.25) is 0 Å². The van der Waals surface area contributed by atoms with Crippen molar-refractivity contribution in [3.05, 3.63) is 47.3 Å². The molecule has 0 aliphatic carbocycles. The van der Waals surface area contributed by atoms with Gasteiger partial charge in [0.2, 0.25) is 0 Å². The molecule has 0 unspecified atom stereocenters. The molecule has 3 heterocycles. The Labute approximate surface area is 172 Å². The van der Waals surface area contributed by atoms with E-state index in [0.29, 0.717) is 18.2 Å². The number of rotatable bonds is 6. The van der Waals surface area contributed by atoms with Crippen LogP contribution in [0.25, 0.3) is 31.4 Å². The highest BCUT2D eigenvalue weighted by Gasteiger charge is 2.17. The van der Waals surface area contributed by atoms with Crippen molar-refractivity contribution in [3.63, 3.8) is 0 Å². The first-order valence-electron chi connectivity index (χ1n) is 9.01. The van der Waals surface area contributed by atoms with Crippen LogP contribution in [-0.2, 0) is 0 Å². The van der Waals surface area contributed by atoms with Crippen molar-refractivity contribution < 1.29 is 4.74 Å². The van der Waals surface area contributed by atoms with Gasteiger partial charge in [0.25, 0.3) is 0 Å². The maximum Gasteiger partial charge on any atom is 0.173 e. The van der Waals surface area contributed by atoms with Crippen molar-refractivity contribution in [1.82, 2.24) is 14.9 Å². The third-order valence-corrected chi connectivity index (χ3v) is 6.58. The third-order valence-electron chi connectivity index (χ3n) is 4.48. The summed E-state index contributed by atoms with van der Waals surface area (Å²) in [5.41, 5.74) is 8.55. The van der Waals surface area contributed by atoms with Gasteiger partial charge in [-0.25, -0.2) is 9.97 Å². The zero-order valence-electron chi connectivity index (χ0n) is 16.1. The number of aryl methyl sites for hydroxylation is 1. The number of ether oxygens (including phenoxy) is 1. The van der Waals surface area contributed by atoms with E-state index in [9.17, 15) is 0 Å². The molecule has 0 radical (unpaired) electrons. The second-order valence-electron chi connectivity index (χ2n) is 6.82. The summed E-state index contributed by atoms with van der Waals surface area (Å²) < 4.78 is 5.79. The second kappa shape index (κ2) is 7.87. The molecule has 0 atom stereocenters. The lowest BCUT2D eigenvalue weighted by Gasteiger charge is -2.11. The molecule has 28 heavy (non-hydrogen) atoms. The minimum atomic E-state index is 0.539. The molecule has 144 valence electrons. The van der Waals surface area contributed by atoms with Gasteiger partial charge >= 0.3 is 0 Å². The second-order valence-corrected chi connectivity index (χ2v) is 8.77. The molecule has 0 aliphatic rings. The van der Waals surface area contributed by atoms with Crippen LogP contribution in [0.5, 0.6) is 5.75 Å². The molecule has 0 amide bonds. The SMILES string of the molecule is Cc1c(-c2ccc(OCCN(C)C)cc2)sc2nc(-c3cccs3)nc(N)c12. The lowest BCUT2D eigenvalue weighted by atomic mass is 10.1. The van der Waals surface area contributed by atoms with Gasteiger partial charge in [0.1, 0.15) is 23.0 Å². The number of hydrogen-bond acceptors (Lipinski definition) is 7. The van der Waals surface area contributed by atoms with Crippen LogP contribution in [0.2, 0.25) is 0 Å². The minimum Gasteiger partial charge on any atom is -0.492 e. The summed E-state index contributed by atoms with van der Waals surface area (Å²) in [5.74, 6) is 2.11. The number of thiophene rings is 2. The number of nitrogens with zero attached hydrogens (tertiary/aromatic N) is 3. The Balaban J connectivity index is 1.65. The third kappa shape index (κ3) is 3.73. The highest BCUT2D eigenvalue weighted by Crippen LogP contribution is 2.40. The summed E-state index contributed by atoms with van der Waals surface area (Å²) in [6.07, 6.45) is 0. The molecule has 0 spiro atoms. The number of likely N-dealkylation sites (N-methyl/N-ethyl adjacent to an activating group) is 1. The monoisotopic (exact) mass is 410 g/mol. The van der Waals surface area contributed by atoms with Gasteiger partial charge in [0.05, 0.1) is 10.3 Å². The molecule has 4 rings (SSSR count). The standard InChI is InChI=1S/C21H22N4OS2/c1-13-17-19(22)23-20(16-5-4-12-27-16)24-21(17)28-18(13)14-6-8-15(9-7-14)26-11-10-25(2)3/h4-9,12H,10-11H2,1-3H3,(H2,22,23,24). The van der Waals surface area contributed by atoms with E-state index in [2.05, 4.69) is 28.9 Å². The fourth-order valence-electron chi connectivity index (χ4n) is 3.01. The topological polar surface area (TPSA) is 64.3 Å². The van der Waals surface area contributed by atoms with Crippen molar-refractivity contribution in [2.24, 2.45) is 0 Å². The van der Waals surface area contributed by atoms with Crippen LogP contribution >= 0.6 is 22.7 Å². The Kier molecular flexibility index (Phi) is 5.30. The van der Waals surface area contributed by atoms with E-state index in [1.54, 1.807) is 22.7 Å². The Morgan fingerprint density at radius 2 is 1.89 bits per heavy atom. The first kappa shape index (κ1) is 18.9. The van der Waals surface area contributed by atoms with Crippen molar-refractivity contribution in [2.75, 3.05) is 33.0 Å². The largest absolute Gasteiger partial charge is 0.492 e. The molecule has 3 aromatic heterocycles. The normalized spacial score (nSPS) is 11.4. The van der Waals surface area contributed by atoms with Gasteiger partial charge in [0, 0.05) is 11.4 Å². The molecule has 2 N–H and O–H groups in total. The van der Waals surface area contributed by atoms with Gasteiger partial charge < -0.3 is 15.4 Å². The van der Waals surface area contributed by atoms with Crippen LogP contribution in [0, 0.1) is 6.92 Å². The number of nitrogen functional groups attached to an aromatic ring is 1. The Morgan fingerprint density at radius 3 is 2.57 bits per heavy atom. The summed E-state index contributed by atoms with van der Waals surface area (Å²) in [6.45, 7) is 3.65. The van der Waals surface area contributed by atoms with Crippen LogP contribution in [-0.4, -0.2) is 42.1 Å². The number of aromatic nitrogens is 2. The van der Waals surface area contributed by atoms with Crippen LogP contribution in [0.15, 0.2) is 41.8 Å². The molecule has 0 saturated heterocycles. The number of nitrogens with two attached hydrogens (primary N) is 1. The van der Waals surface area contributed by atoms with Crippen molar-refractivity contribution in [1.29, 1.82) is 0 Å². The van der Waals surface area contributed by atoms with Crippen molar-refractivity contribution >= 4 is 38.7 Å². The van der Waals surface area contributed by atoms with Crippen LogP contribution in [0.1, 0.15) is 5.56 Å². The lowest BCUT2D eigenvalue weighted by molar-refractivity contribution is 0.261. The zero-order chi connectivity index (χ0) is 19.7. The summed E-state index contributed by atoms with van der Waals surface area (Å²) in [6, 6.07) is 12.2. The highest BCUT2D eigenvalue weighted by atomic mass is 32.1. The van der Waals surface area contributed by atoms with Gasteiger partial charge in [-0.2, -0.15) is 0 Å². The predicted molar refractivity (Wildman–Crippen MR) is 119 cm³/mol. The predicted octanol–water partition coefficient (Wildman–Crippen LogP) is 4.92. The average Bonchev–Trinajstić information content (AvgIpc) is 3.31. The van der Waals surface area contributed by atoms with Gasteiger partial charge in [-0.05, 0) is 67.9 Å². The number of benzene rings is 1. The molecule has 1 aromatic carbocycles. The fourth-order valence-corrected chi connectivity index (χ4v) is 4.86. The maximum absolute atomic E-state index is 6.29. The molecule has 0 bridgehead atoms. The summed E-state index contributed by atoms with van der Waals surface area (Å²) in [7, 11) is 4.07. The van der Waals surface area contributed by atoms with Crippen molar-refractivity contribution in [2.45, 2.75) is 6.92 Å². The summed E-state index contributed by atoms with van der Waals surface area (Å²) >= 11 is 3.27. The quantitative estimate of drug-likeness (QED) is 0.489. The van der Waals surface area contributed by atoms with E-state index in [-0.39, 0.29) is 0 Å². The first-order valence-corrected chi connectivity index (χ1v) is 10.7. The Hall–Kier alpha value is -2.48. The smallest absolute Gasteiger partial charge is 0.173 e. The summed E-state index contributed by atoms with van der Waals surface area (Å²) in [4.78, 5) is 14.5. The van der Waals surface area contributed by atoms with Crippen LogP contribution in [0.4, 0.5) is 5.82 Å². The molecule has 4 aromatic rings. The van der Waals surface area contributed by atoms with Gasteiger partial charge in [0.15, 0.2) is 5.82 Å². The van der Waals surface area contributed by atoms with Crippen molar-refractivity contribution in [3.8, 4) is 26.9 Å². The molecular formula is C21H22N4OS2. The van der Waals surface area contributed by atoms with Gasteiger partial charge in [-0.1, -0.05) is 6.07 Å². The van der Waals surface area contributed by atoms with E-state index in [0.717, 1.165) is 38.5 Å². The zero-order valence-corrected chi connectivity index (χ0v) is 17.7. The van der Waals surface area contributed by atoms with E-state index in [1.165, 1.54) is 4.88 Å². The van der Waals surface area contributed by atoms with E-state index < -0.39 is 0 Å². The fraction of sp³-hybridized carbons (Fsp3) is 0.238. The van der Waals surface area contributed by atoms with E-state index >= 15 is 0 Å². The number of anilines is 1. The average molecular weight is 411 g/mol. The van der Waals surface area contributed by atoms with Crippen LogP contribution < -0.4 is 10.5 Å². The van der Waals surface area contributed by atoms with Gasteiger partial charge in [-0.15, -0.1) is 22.7 Å². The number of hydrogen-bond donors (Lipinski definition) is 1. The first-order chi connectivity index (χ1) is 13.5. The Bertz CT molecular complexity index is 1090. The molecule has 5 nitrogen and oxygen atoms in total. The molecular weight excluding hydrogens is 388 g/mol. The summed E-state index contributed by atoms with van der Waals surface area (Å²) in [5, 5.41) is 2.97. The highest BCUT2D eigenvalue weighted by molar-refractivity contribution is 7.22. The van der Waals surface area contributed by atoms with E-state index in [1.807, 2.05) is 43.7 Å². The maximum atomic E-state index is 6.29. The minimum absolute atomic E-state index is 0.539. The van der Waals surface area contributed by atoms with E-state index in [4.69, 9.17) is 15.5 Å². The van der Waals surface area contributed by atoms with Crippen LogP contribution in [0.3, 0.4) is 0 Å².